The first-order valence-electron chi connectivity index (χ1n) is 9.33. The summed E-state index contributed by atoms with van der Waals surface area (Å²) in [5, 5.41) is 9.77. The Bertz CT molecular complexity index is 1270. The third kappa shape index (κ3) is 3.92. The summed E-state index contributed by atoms with van der Waals surface area (Å²) in [6.07, 6.45) is 1.82. The van der Waals surface area contributed by atoms with Crippen LogP contribution in [0.1, 0.15) is 27.3 Å². The number of hydrogen-bond acceptors (Lipinski definition) is 4. The molecule has 0 spiro atoms. The number of para-hydroxylation sites is 1. The fraction of sp³-hybridized carbons (Fsp3) is 0.0870. The van der Waals surface area contributed by atoms with Crippen LogP contribution in [0.15, 0.2) is 59.5 Å². The van der Waals surface area contributed by atoms with E-state index in [-0.39, 0.29) is 11.5 Å². The van der Waals surface area contributed by atoms with E-state index in [1.165, 1.54) is 22.7 Å². The van der Waals surface area contributed by atoms with Crippen molar-refractivity contribution in [3.05, 3.63) is 87.0 Å². The van der Waals surface area contributed by atoms with Crippen molar-refractivity contribution in [2.75, 3.05) is 4.90 Å². The van der Waals surface area contributed by atoms with Crippen LogP contribution >= 0.6 is 35.6 Å². The van der Waals surface area contributed by atoms with Crippen molar-refractivity contribution < 1.29 is 14.7 Å². The molecule has 1 amide bonds. The summed E-state index contributed by atoms with van der Waals surface area (Å²) in [5.41, 5.74) is 4.00. The molecule has 3 aromatic rings. The number of carboxylic acid groups (broad SMARTS) is 1. The van der Waals surface area contributed by atoms with Crippen LogP contribution in [0.5, 0.6) is 0 Å². The Balaban J connectivity index is 1.74. The smallest absolute Gasteiger partial charge is 0.335 e. The molecule has 1 aromatic heterocycles. The number of thiocarbonyl (C=S) groups is 1. The number of anilines is 1. The van der Waals surface area contributed by atoms with E-state index in [4.69, 9.17) is 23.8 Å². The van der Waals surface area contributed by atoms with Crippen LogP contribution in [0.2, 0.25) is 5.02 Å². The number of amides is 1. The third-order valence-electron chi connectivity index (χ3n) is 5.00. The zero-order valence-corrected chi connectivity index (χ0v) is 19.0. The second-order valence-corrected chi connectivity index (χ2v) is 9.07. The molecular weight excluding hydrogens is 452 g/mol. The lowest BCUT2D eigenvalue weighted by atomic mass is 10.2. The highest BCUT2D eigenvalue weighted by Crippen LogP contribution is 2.37. The average Bonchev–Trinajstić information content (AvgIpc) is 3.17. The first-order valence-corrected chi connectivity index (χ1v) is 10.9. The fourth-order valence-electron chi connectivity index (χ4n) is 3.53. The number of aromatic carboxylic acids is 1. The Labute approximate surface area is 193 Å². The molecule has 5 nitrogen and oxygen atoms in total. The summed E-state index contributed by atoms with van der Waals surface area (Å²) in [7, 11) is 0. The molecular formula is C23H17ClN2O3S2. The molecule has 0 aliphatic carbocycles. The van der Waals surface area contributed by atoms with E-state index in [9.17, 15) is 14.7 Å². The van der Waals surface area contributed by atoms with Gasteiger partial charge in [-0.25, -0.2) is 4.79 Å². The maximum Gasteiger partial charge on any atom is 0.335 e. The summed E-state index contributed by atoms with van der Waals surface area (Å²) in [4.78, 5) is 26.5. The molecule has 1 saturated heterocycles. The van der Waals surface area contributed by atoms with Gasteiger partial charge in [-0.15, -0.1) is 0 Å². The number of rotatable bonds is 4. The highest BCUT2D eigenvalue weighted by atomic mass is 35.5. The molecule has 1 aliphatic heterocycles. The second kappa shape index (κ2) is 8.34. The zero-order valence-electron chi connectivity index (χ0n) is 16.6. The minimum absolute atomic E-state index is 0.150. The van der Waals surface area contributed by atoms with Gasteiger partial charge in [0.05, 0.1) is 26.9 Å². The van der Waals surface area contributed by atoms with Crippen LogP contribution in [0.3, 0.4) is 0 Å². The van der Waals surface area contributed by atoms with Gasteiger partial charge >= 0.3 is 5.97 Å². The lowest BCUT2D eigenvalue weighted by Crippen LogP contribution is -2.27. The summed E-state index contributed by atoms with van der Waals surface area (Å²) in [5.74, 6) is -1.19. The molecule has 1 fully saturated rings. The quantitative estimate of drug-likeness (QED) is 0.384. The van der Waals surface area contributed by atoms with Crippen molar-refractivity contribution in [1.29, 1.82) is 0 Å². The topological polar surface area (TPSA) is 62.5 Å². The maximum atomic E-state index is 13.0. The molecule has 0 unspecified atom stereocenters. The van der Waals surface area contributed by atoms with Gasteiger partial charge in [-0.3, -0.25) is 9.69 Å². The van der Waals surface area contributed by atoms with Crippen LogP contribution in [0.4, 0.5) is 5.69 Å². The summed E-state index contributed by atoms with van der Waals surface area (Å²) in [6, 6.07) is 15.8. The molecule has 0 saturated carbocycles. The molecule has 31 heavy (non-hydrogen) atoms. The zero-order chi connectivity index (χ0) is 22.3. The lowest BCUT2D eigenvalue weighted by molar-refractivity contribution is -0.113. The molecule has 0 radical (unpaired) electrons. The first kappa shape index (κ1) is 21.4. The molecule has 0 bridgehead atoms. The Morgan fingerprint density at radius 1 is 1.13 bits per heavy atom. The molecule has 4 rings (SSSR count). The van der Waals surface area contributed by atoms with Gasteiger partial charge in [0.15, 0.2) is 4.32 Å². The van der Waals surface area contributed by atoms with Crippen molar-refractivity contribution in [1.82, 2.24) is 4.57 Å². The monoisotopic (exact) mass is 468 g/mol. The lowest BCUT2D eigenvalue weighted by Gasteiger charge is -2.13. The van der Waals surface area contributed by atoms with E-state index in [0.717, 1.165) is 22.6 Å². The Morgan fingerprint density at radius 2 is 1.84 bits per heavy atom. The van der Waals surface area contributed by atoms with E-state index in [1.54, 1.807) is 12.1 Å². The van der Waals surface area contributed by atoms with Crippen LogP contribution in [0, 0.1) is 13.8 Å². The number of halogens is 1. The van der Waals surface area contributed by atoms with Gasteiger partial charge in [0.25, 0.3) is 5.91 Å². The molecule has 2 aromatic carbocycles. The fourth-order valence-corrected chi connectivity index (χ4v) is 5.02. The van der Waals surface area contributed by atoms with Crippen LogP contribution in [-0.2, 0) is 4.79 Å². The van der Waals surface area contributed by atoms with Crippen molar-refractivity contribution in [2.45, 2.75) is 13.8 Å². The highest BCUT2D eigenvalue weighted by Gasteiger charge is 2.33. The third-order valence-corrected chi connectivity index (χ3v) is 6.62. The number of benzene rings is 2. The van der Waals surface area contributed by atoms with E-state index in [1.807, 2.05) is 60.9 Å². The minimum atomic E-state index is -1.02. The number of aryl methyl sites for hydroxylation is 1. The maximum absolute atomic E-state index is 13.0. The first-order chi connectivity index (χ1) is 14.8. The van der Waals surface area contributed by atoms with Gasteiger partial charge in [-0.2, -0.15) is 0 Å². The molecule has 2 heterocycles. The Hall–Kier alpha value is -2.87. The van der Waals surface area contributed by atoms with Gasteiger partial charge in [0.2, 0.25) is 0 Å². The predicted octanol–water partition coefficient (Wildman–Crippen LogP) is 5.85. The summed E-state index contributed by atoms with van der Waals surface area (Å²) < 4.78 is 2.37. The van der Waals surface area contributed by atoms with Crippen LogP contribution in [-0.4, -0.2) is 25.9 Å². The number of carbonyl (C=O) groups is 2. The molecule has 1 N–H and O–H groups in total. The second-order valence-electron chi connectivity index (χ2n) is 6.99. The number of nitrogens with zero attached hydrogens (tertiary/aromatic N) is 2. The number of carbonyl (C=O) groups excluding carboxylic acids is 1. The van der Waals surface area contributed by atoms with E-state index >= 15 is 0 Å². The standard InChI is InChI=1S/C23H17ClN2O3S2/c1-13-10-16(14(2)25(13)19-11-15(22(28)29)8-9-18(19)24)12-20-21(27)26(23(30)31-20)17-6-4-3-5-7-17/h3-12H,1-2H3,(H,28,29)/b20-12+. The number of hydrogen-bond donors (Lipinski definition) is 1. The SMILES string of the molecule is Cc1cc(/C=C2/SC(=S)N(c3ccccc3)C2=O)c(C)n1-c1cc(C(=O)O)ccc1Cl. The summed E-state index contributed by atoms with van der Waals surface area (Å²) in [6.45, 7) is 3.81. The number of thioether (sulfide) groups is 1. The van der Waals surface area contributed by atoms with Gasteiger partial charge in [0, 0.05) is 11.4 Å². The number of aromatic nitrogens is 1. The van der Waals surface area contributed by atoms with Crippen molar-refractivity contribution in [3.8, 4) is 5.69 Å². The van der Waals surface area contributed by atoms with E-state index < -0.39 is 5.97 Å². The largest absolute Gasteiger partial charge is 0.478 e. The van der Waals surface area contributed by atoms with Crippen LogP contribution < -0.4 is 4.90 Å². The van der Waals surface area contributed by atoms with Gasteiger partial charge in [-0.1, -0.05) is 53.8 Å². The van der Waals surface area contributed by atoms with Gasteiger partial charge < -0.3 is 9.67 Å². The molecule has 8 heteroatoms. The minimum Gasteiger partial charge on any atom is -0.478 e. The van der Waals surface area contributed by atoms with Crippen molar-refractivity contribution in [2.24, 2.45) is 0 Å². The van der Waals surface area contributed by atoms with E-state index in [2.05, 4.69) is 0 Å². The average molecular weight is 469 g/mol. The summed E-state index contributed by atoms with van der Waals surface area (Å²) >= 11 is 13.1. The Morgan fingerprint density at radius 3 is 2.52 bits per heavy atom. The number of carboxylic acids is 1. The van der Waals surface area contributed by atoms with Crippen molar-refractivity contribution >= 4 is 63.5 Å². The molecule has 1 aliphatic rings. The highest BCUT2D eigenvalue weighted by molar-refractivity contribution is 8.27. The predicted molar refractivity (Wildman–Crippen MR) is 129 cm³/mol. The normalized spacial score (nSPS) is 15.2. The van der Waals surface area contributed by atoms with Gasteiger partial charge in [0.1, 0.15) is 0 Å². The Kier molecular flexibility index (Phi) is 5.75. The van der Waals surface area contributed by atoms with E-state index in [0.29, 0.717) is 19.9 Å². The van der Waals surface area contributed by atoms with Gasteiger partial charge in [-0.05, 0) is 61.9 Å². The van der Waals surface area contributed by atoms with Crippen molar-refractivity contribution in [3.63, 3.8) is 0 Å². The van der Waals surface area contributed by atoms with Crippen LogP contribution in [0.25, 0.3) is 11.8 Å². The molecule has 156 valence electrons. The molecule has 0 atom stereocenters.